The third-order valence-corrected chi connectivity index (χ3v) is 27.6. The van der Waals surface area contributed by atoms with Gasteiger partial charge in [-0.1, -0.05) is 126 Å². The molecule has 4 aliphatic carbocycles. The van der Waals surface area contributed by atoms with Gasteiger partial charge in [0, 0.05) is 58.9 Å². The summed E-state index contributed by atoms with van der Waals surface area (Å²) in [5, 5.41) is 0. The van der Waals surface area contributed by atoms with Gasteiger partial charge in [0.25, 0.3) is 0 Å². The average molecular weight is 1300 g/mol. The second kappa shape index (κ2) is 31.5. The van der Waals surface area contributed by atoms with Crippen molar-refractivity contribution in [2.24, 2.45) is 171 Å². The quantitative estimate of drug-likeness (QED) is 0.240. The van der Waals surface area contributed by atoms with Crippen molar-refractivity contribution >= 4 is 0 Å². The molecule has 29 atom stereocenters. The van der Waals surface area contributed by atoms with Gasteiger partial charge in [-0.25, -0.2) is 0 Å². The second-order valence-corrected chi connectivity index (χ2v) is 34.9. The highest BCUT2D eigenvalue weighted by atomic mass is 16.7. The normalized spacial score (nSPS) is 48.4. The fraction of sp³-hybridized carbons (Fsp3) is 1.00. The molecule has 14 nitrogen and oxygen atoms in total. The molecule has 0 N–H and O–H groups in total. The number of hydrogen-bond donors (Lipinski definition) is 0. The summed E-state index contributed by atoms with van der Waals surface area (Å²) in [5.41, 5.74) is 0.806. The zero-order valence-electron chi connectivity index (χ0n) is 59.3. The van der Waals surface area contributed by atoms with Gasteiger partial charge in [0.2, 0.25) is 0 Å². The van der Waals surface area contributed by atoms with Gasteiger partial charge < -0.3 is 66.3 Å². The van der Waals surface area contributed by atoms with Crippen LogP contribution in [0.25, 0.3) is 0 Å². The maximum absolute atomic E-state index is 5.78. The molecule has 18 fully saturated rings. The van der Waals surface area contributed by atoms with Crippen LogP contribution in [0.5, 0.6) is 0 Å². The van der Waals surface area contributed by atoms with E-state index in [1.165, 1.54) is 64.2 Å². The Morgan fingerprint density at radius 3 is 1.21 bits per heavy atom. The van der Waals surface area contributed by atoms with E-state index in [2.05, 4.69) is 111 Å². The van der Waals surface area contributed by atoms with Crippen LogP contribution in [-0.4, -0.2) is 137 Å². The highest BCUT2D eigenvalue weighted by Gasteiger charge is 2.64. The van der Waals surface area contributed by atoms with Crippen LogP contribution in [0.1, 0.15) is 190 Å². The summed E-state index contributed by atoms with van der Waals surface area (Å²) in [4.78, 5) is 0. The molecule has 14 heteroatoms. The first-order valence-electron chi connectivity index (χ1n) is 37.8. The lowest BCUT2D eigenvalue weighted by Gasteiger charge is -2.35. The van der Waals surface area contributed by atoms with Gasteiger partial charge in [-0.15, -0.1) is 0 Å². The minimum Gasteiger partial charge on any atom is -0.352 e. The summed E-state index contributed by atoms with van der Waals surface area (Å²) in [5.74, 6) is 20.9. The minimum atomic E-state index is 0. The van der Waals surface area contributed by atoms with Gasteiger partial charge in [-0.05, 0) is 183 Å². The monoisotopic (exact) mass is 1300 g/mol. The van der Waals surface area contributed by atoms with Crippen molar-refractivity contribution in [3.8, 4) is 0 Å². The van der Waals surface area contributed by atoms with Gasteiger partial charge in [0.15, 0.2) is 44.0 Å². The third-order valence-electron chi connectivity index (χ3n) is 27.6. The topological polar surface area (TPSA) is 129 Å². The van der Waals surface area contributed by atoms with Gasteiger partial charge in [-0.2, -0.15) is 0 Å². The average Bonchev–Trinajstić information content (AvgIpc) is 1.58. The molecule has 0 aromatic heterocycles. The second-order valence-electron chi connectivity index (χ2n) is 34.9. The fourth-order valence-corrected chi connectivity index (χ4v) is 23.6. The van der Waals surface area contributed by atoms with Gasteiger partial charge in [0.1, 0.15) is 0 Å². The Kier molecular flexibility index (Phi) is 25.4. The van der Waals surface area contributed by atoms with E-state index >= 15 is 0 Å². The first-order chi connectivity index (χ1) is 43.2. The lowest BCUT2D eigenvalue weighted by molar-refractivity contribution is -0.171. The molecule has 0 amide bonds. The molecule has 0 aromatic carbocycles. The van der Waals surface area contributed by atoms with E-state index < -0.39 is 0 Å². The standard InChI is InChI=1S/3C12H20O2.C11H18O2.2C10H18O2.C9H16O2.2CH4/c2*1-7(2)10-8-4-9-11(13-5-8)14-6-12(9,10)3;1-7(2)10-5-8-6-14-12-11(8)9(10)3-4-13-12;1-6(2)10-7-3-8-9(10)5-13-11(8)12-4-7;1-7(2)8-3-5-11-10-9(8)4-6-12-10;1-7(2)9-6-12-10-8(9)4-3-5-11-10;1-6(2)8-5-11-9-7(8)3-4-10-9;;/h2*7-11H,4-6H2,1-3H3;7-12H,3-6H2,1-2H3;6-11H,3-5H2,1-2H3;2*7-10H,3-6H2,1-2H3;6-9H,3-5H2,1-2H3;2*1H4/t;;8-,9-,10+,11+,12+;;;;;;/m..0....../s1. The molecule has 92 heavy (non-hydrogen) atoms. The van der Waals surface area contributed by atoms with E-state index in [-0.39, 0.29) is 58.9 Å². The first kappa shape index (κ1) is 74.1. The SMILES string of the molecule is C.C.CC(C)C1C2COC3OCC1(C)C3C2.CC(C)C1C2COC3OCC1(C)C3C2.CC(C)C1C2COC3OCC1C3C2.CC(C)C1CCOC2OCCC21.CC(C)C1COC2OCCC21.CC(C)C1COC2OCCCC21.CC(C)[C@H]1C[C@H]2CO[C@H]3OCC[C@@H]1[C@@H]23. The molecular weight excluding hydrogens is 1160 g/mol. The van der Waals surface area contributed by atoms with Crippen LogP contribution < -0.4 is 0 Å². The van der Waals surface area contributed by atoms with Gasteiger partial charge in [-0.3, -0.25) is 0 Å². The van der Waals surface area contributed by atoms with Gasteiger partial charge in [0.05, 0.1) is 85.9 Å². The van der Waals surface area contributed by atoms with E-state index in [4.69, 9.17) is 66.3 Å². The van der Waals surface area contributed by atoms with Crippen molar-refractivity contribution in [1.82, 2.24) is 0 Å². The molecule has 0 spiro atoms. The zero-order chi connectivity index (χ0) is 63.5. The lowest BCUT2D eigenvalue weighted by Crippen LogP contribution is -2.35. The molecule has 14 aliphatic heterocycles. The first-order valence-corrected chi connectivity index (χ1v) is 37.8. The van der Waals surface area contributed by atoms with Crippen molar-refractivity contribution in [1.29, 1.82) is 0 Å². The van der Waals surface area contributed by atoms with Crippen LogP contribution in [0.15, 0.2) is 0 Å². The molecule has 14 heterocycles. The molecule has 14 saturated heterocycles. The molecule has 18 aliphatic rings. The van der Waals surface area contributed by atoms with Crippen LogP contribution in [0.4, 0.5) is 0 Å². The summed E-state index contributed by atoms with van der Waals surface area (Å²) in [6, 6.07) is 0. The van der Waals surface area contributed by atoms with Crippen LogP contribution in [0, 0.1) is 171 Å². The number of rotatable bonds is 7. The largest absolute Gasteiger partial charge is 0.352 e. The van der Waals surface area contributed by atoms with E-state index in [0.29, 0.717) is 40.4 Å². The Morgan fingerprint density at radius 1 is 0.283 bits per heavy atom. The van der Waals surface area contributed by atoms with E-state index in [1.807, 2.05) is 0 Å². The number of ether oxygens (including phenoxy) is 14. The lowest BCUT2D eigenvalue weighted by atomic mass is 9.70. The van der Waals surface area contributed by atoms with Crippen molar-refractivity contribution in [2.45, 2.75) is 234 Å². The highest BCUT2D eigenvalue weighted by Crippen LogP contribution is 2.63. The van der Waals surface area contributed by atoms with Crippen LogP contribution in [-0.2, 0) is 66.3 Å². The minimum absolute atomic E-state index is 0. The maximum atomic E-state index is 5.78. The zero-order valence-corrected chi connectivity index (χ0v) is 59.3. The molecule has 24 unspecified atom stereocenters. The van der Waals surface area contributed by atoms with Crippen molar-refractivity contribution in [2.75, 3.05) is 92.5 Å². The van der Waals surface area contributed by atoms with Crippen LogP contribution in [0.3, 0.4) is 0 Å². The van der Waals surface area contributed by atoms with Crippen molar-refractivity contribution in [3.05, 3.63) is 0 Å². The summed E-state index contributed by atoms with van der Waals surface area (Å²) in [6.07, 6.45) is 13.8. The molecular formula is C78H138O14. The van der Waals surface area contributed by atoms with Crippen LogP contribution >= 0.6 is 0 Å². The molecule has 6 bridgehead atoms. The third kappa shape index (κ3) is 14.8. The Balaban J connectivity index is 0.000000117. The van der Waals surface area contributed by atoms with Crippen molar-refractivity contribution in [3.63, 3.8) is 0 Å². The molecule has 18 rings (SSSR count). The molecule has 0 aromatic rings. The Labute approximate surface area is 560 Å². The van der Waals surface area contributed by atoms with Crippen molar-refractivity contribution < 1.29 is 66.3 Å². The summed E-state index contributed by atoms with van der Waals surface area (Å²) in [7, 11) is 0. The number of fused-ring (bicyclic) bond motifs is 6. The Morgan fingerprint density at radius 2 is 0.685 bits per heavy atom. The Hall–Kier alpha value is -0.560. The maximum Gasteiger partial charge on any atom is 0.161 e. The molecule has 4 saturated carbocycles. The molecule has 534 valence electrons. The van der Waals surface area contributed by atoms with Gasteiger partial charge >= 0.3 is 0 Å². The highest BCUT2D eigenvalue weighted by molar-refractivity contribution is 5.08. The predicted octanol–water partition coefficient (Wildman–Crippen LogP) is 15.8. The molecule has 0 radical (unpaired) electrons. The van der Waals surface area contributed by atoms with E-state index in [1.54, 1.807) is 0 Å². The summed E-state index contributed by atoms with van der Waals surface area (Å²) >= 11 is 0. The number of hydrogen-bond acceptors (Lipinski definition) is 14. The van der Waals surface area contributed by atoms with E-state index in [9.17, 15) is 0 Å². The predicted molar refractivity (Wildman–Crippen MR) is 359 cm³/mol. The summed E-state index contributed by atoms with van der Waals surface area (Å²) in [6.45, 7) is 50.3. The Bertz CT molecular complexity index is 2190. The van der Waals surface area contributed by atoms with E-state index in [0.717, 1.165) is 223 Å². The summed E-state index contributed by atoms with van der Waals surface area (Å²) < 4.78 is 79.1. The van der Waals surface area contributed by atoms with Crippen LogP contribution in [0.2, 0.25) is 0 Å². The fourth-order valence-electron chi connectivity index (χ4n) is 23.6. The smallest absolute Gasteiger partial charge is 0.161 e.